The maximum Gasteiger partial charge on any atom is 0.311 e. The maximum atomic E-state index is 13.2. The fourth-order valence-electron chi connectivity index (χ4n) is 4.45. The third kappa shape index (κ3) is 3.05. The van der Waals surface area contributed by atoms with Crippen LogP contribution in [0.15, 0.2) is 27.0 Å². The van der Waals surface area contributed by atoms with E-state index in [1.165, 1.54) is 0 Å². The van der Waals surface area contributed by atoms with Crippen LogP contribution in [0.3, 0.4) is 0 Å². The highest BCUT2D eigenvalue weighted by Crippen LogP contribution is 2.55. The first-order valence-electron chi connectivity index (χ1n) is 9.76. The molecular weight excluding hydrogens is 360 g/mol. The van der Waals surface area contributed by atoms with Crippen LogP contribution in [0.5, 0.6) is 0 Å². The van der Waals surface area contributed by atoms with Crippen LogP contribution in [0.25, 0.3) is 0 Å². The van der Waals surface area contributed by atoms with Gasteiger partial charge in [-0.3, -0.25) is 9.59 Å². The number of fused-ring (bicyclic) bond motifs is 1. The quantitative estimate of drug-likeness (QED) is 0.712. The van der Waals surface area contributed by atoms with Gasteiger partial charge in [0.05, 0.1) is 30.5 Å². The van der Waals surface area contributed by atoms with Crippen molar-refractivity contribution in [2.45, 2.75) is 52.9 Å². The predicted octanol–water partition coefficient (Wildman–Crippen LogP) is 4.27. The van der Waals surface area contributed by atoms with Gasteiger partial charge in [0.2, 0.25) is 0 Å². The zero-order valence-electron chi connectivity index (χ0n) is 17.3. The summed E-state index contributed by atoms with van der Waals surface area (Å²) < 4.78 is 22.7. The third-order valence-corrected chi connectivity index (χ3v) is 5.73. The number of carbonyl (C=O) groups is 2. The molecule has 0 saturated heterocycles. The van der Waals surface area contributed by atoms with Crippen molar-refractivity contribution in [1.29, 1.82) is 0 Å². The number of furan rings is 2. The smallest absolute Gasteiger partial charge is 0.311 e. The van der Waals surface area contributed by atoms with E-state index in [-0.39, 0.29) is 19.1 Å². The van der Waals surface area contributed by atoms with Crippen LogP contribution in [-0.2, 0) is 24.5 Å². The number of rotatable bonds is 5. The largest absolute Gasteiger partial charge is 0.466 e. The van der Waals surface area contributed by atoms with Crippen LogP contribution >= 0.6 is 0 Å². The lowest BCUT2D eigenvalue weighted by Crippen LogP contribution is -2.51. The second-order valence-electron chi connectivity index (χ2n) is 7.54. The molecule has 2 aromatic heterocycles. The fourth-order valence-corrected chi connectivity index (χ4v) is 4.45. The molecule has 2 aromatic rings. The highest BCUT2D eigenvalue weighted by molar-refractivity contribution is 5.86. The standard InChI is InChI=1S/C22H28O6/c1-7-25-20(23)17-14(5)19-15(11-13(4)28-19)22(6,16-10-9-12(3)27-16)18(17)21(24)26-8-2/h9-11,14,17-18H,7-8H2,1-6H3. The lowest BCUT2D eigenvalue weighted by atomic mass is 9.57. The van der Waals surface area contributed by atoms with E-state index in [2.05, 4.69) is 0 Å². The molecule has 2 heterocycles. The number of esters is 2. The van der Waals surface area contributed by atoms with E-state index in [0.29, 0.717) is 11.5 Å². The Bertz CT molecular complexity index is 875. The second-order valence-corrected chi connectivity index (χ2v) is 7.54. The molecule has 0 saturated carbocycles. The maximum absolute atomic E-state index is 13.2. The van der Waals surface area contributed by atoms with Crippen molar-refractivity contribution in [3.63, 3.8) is 0 Å². The number of aryl methyl sites for hydroxylation is 2. The van der Waals surface area contributed by atoms with Crippen molar-refractivity contribution in [1.82, 2.24) is 0 Å². The molecule has 0 amide bonds. The van der Waals surface area contributed by atoms with Crippen LogP contribution in [0.1, 0.15) is 62.2 Å². The summed E-state index contributed by atoms with van der Waals surface area (Å²) in [5.74, 6) is 0.00495. The van der Waals surface area contributed by atoms with Gasteiger partial charge in [0.15, 0.2) is 0 Å². The van der Waals surface area contributed by atoms with Gasteiger partial charge in [-0.1, -0.05) is 6.92 Å². The molecule has 0 N–H and O–H groups in total. The summed E-state index contributed by atoms with van der Waals surface area (Å²) in [5, 5.41) is 0. The Kier molecular flexibility index (Phi) is 5.41. The lowest BCUT2D eigenvalue weighted by Gasteiger charge is -2.44. The molecule has 6 nitrogen and oxygen atoms in total. The number of hydrogen-bond acceptors (Lipinski definition) is 6. The van der Waals surface area contributed by atoms with E-state index in [4.69, 9.17) is 18.3 Å². The van der Waals surface area contributed by atoms with Crippen molar-refractivity contribution in [2.75, 3.05) is 13.2 Å². The van der Waals surface area contributed by atoms with Crippen molar-refractivity contribution in [2.24, 2.45) is 11.8 Å². The molecule has 0 aliphatic heterocycles. The monoisotopic (exact) mass is 388 g/mol. The number of ether oxygens (including phenoxy) is 2. The van der Waals surface area contributed by atoms with Crippen LogP contribution in [0.4, 0.5) is 0 Å². The van der Waals surface area contributed by atoms with Crippen LogP contribution < -0.4 is 0 Å². The molecule has 0 aromatic carbocycles. The van der Waals surface area contributed by atoms with Gasteiger partial charge in [-0.05, 0) is 52.8 Å². The second kappa shape index (κ2) is 7.49. The summed E-state index contributed by atoms with van der Waals surface area (Å²) in [7, 11) is 0. The van der Waals surface area contributed by atoms with Gasteiger partial charge in [0.25, 0.3) is 0 Å². The van der Waals surface area contributed by atoms with Crippen molar-refractivity contribution in [3.05, 3.63) is 46.8 Å². The molecule has 0 bridgehead atoms. The SMILES string of the molecule is CCOC(=O)C1C(C)c2oc(C)cc2C(C)(c2ccc(C)o2)C1C(=O)OCC. The molecule has 0 radical (unpaired) electrons. The first-order valence-corrected chi connectivity index (χ1v) is 9.76. The Balaban J connectivity index is 2.29. The summed E-state index contributed by atoms with van der Waals surface area (Å²) >= 11 is 0. The number of carbonyl (C=O) groups excluding carboxylic acids is 2. The summed E-state index contributed by atoms with van der Waals surface area (Å²) in [6.07, 6.45) is 0. The van der Waals surface area contributed by atoms with Crippen LogP contribution in [-0.4, -0.2) is 25.2 Å². The minimum Gasteiger partial charge on any atom is -0.466 e. The zero-order valence-corrected chi connectivity index (χ0v) is 17.3. The summed E-state index contributed by atoms with van der Waals surface area (Å²) in [5.41, 5.74) is -0.0668. The normalized spacial score (nSPS) is 26.6. The molecule has 28 heavy (non-hydrogen) atoms. The minimum absolute atomic E-state index is 0.226. The highest BCUT2D eigenvalue weighted by Gasteiger charge is 2.59. The Morgan fingerprint density at radius 2 is 1.68 bits per heavy atom. The van der Waals surface area contributed by atoms with E-state index in [0.717, 1.165) is 17.1 Å². The van der Waals surface area contributed by atoms with Gasteiger partial charge in [-0.25, -0.2) is 0 Å². The molecule has 0 spiro atoms. The fraction of sp³-hybridized carbons (Fsp3) is 0.545. The summed E-state index contributed by atoms with van der Waals surface area (Å²) in [6.45, 7) is 11.5. The molecule has 1 aliphatic rings. The topological polar surface area (TPSA) is 78.9 Å². The van der Waals surface area contributed by atoms with Gasteiger partial charge >= 0.3 is 11.9 Å². The third-order valence-electron chi connectivity index (χ3n) is 5.73. The summed E-state index contributed by atoms with van der Waals surface area (Å²) in [6, 6.07) is 5.63. The Labute approximate surface area is 165 Å². The van der Waals surface area contributed by atoms with E-state index < -0.39 is 29.2 Å². The Morgan fingerprint density at radius 1 is 1.04 bits per heavy atom. The van der Waals surface area contributed by atoms with Crippen LogP contribution in [0.2, 0.25) is 0 Å². The molecule has 1 aliphatic carbocycles. The van der Waals surface area contributed by atoms with E-state index >= 15 is 0 Å². The van der Waals surface area contributed by atoms with E-state index in [1.807, 2.05) is 45.9 Å². The van der Waals surface area contributed by atoms with Crippen LogP contribution in [0, 0.1) is 25.7 Å². The summed E-state index contributed by atoms with van der Waals surface area (Å²) in [4.78, 5) is 26.1. The molecular formula is C22H28O6. The van der Waals surface area contributed by atoms with Crippen molar-refractivity contribution >= 4 is 11.9 Å². The zero-order chi connectivity index (χ0) is 20.6. The highest BCUT2D eigenvalue weighted by atomic mass is 16.5. The lowest BCUT2D eigenvalue weighted by molar-refractivity contribution is -0.165. The molecule has 4 unspecified atom stereocenters. The van der Waals surface area contributed by atoms with Gasteiger partial charge in [0, 0.05) is 11.5 Å². The van der Waals surface area contributed by atoms with Gasteiger partial charge < -0.3 is 18.3 Å². The molecule has 0 fully saturated rings. The number of hydrogen-bond donors (Lipinski definition) is 0. The first kappa shape index (κ1) is 20.2. The average Bonchev–Trinajstić information content (AvgIpc) is 3.24. The van der Waals surface area contributed by atoms with Crippen molar-refractivity contribution in [3.8, 4) is 0 Å². The molecule has 152 valence electrons. The van der Waals surface area contributed by atoms with Gasteiger partial charge in [0.1, 0.15) is 23.0 Å². The Hall–Kier alpha value is -2.50. The minimum atomic E-state index is -0.919. The molecule has 4 atom stereocenters. The van der Waals surface area contributed by atoms with E-state index in [9.17, 15) is 9.59 Å². The van der Waals surface area contributed by atoms with Gasteiger partial charge in [-0.15, -0.1) is 0 Å². The Morgan fingerprint density at radius 3 is 2.25 bits per heavy atom. The van der Waals surface area contributed by atoms with Gasteiger partial charge in [-0.2, -0.15) is 0 Å². The molecule has 3 rings (SSSR count). The predicted molar refractivity (Wildman–Crippen MR) is 102 cm³/mol. The van der Waals surface area contributed by atoms with E-state index in [1.54, 1.807) is 13.8 Å². The van der Waals surface area contributed by atoms with Crippen molar-refractivity contribution < 1.29 is 27.9 Å². The average molecular weight is 388 g/mol. The molecule has 6 heteroatoms. The first-order chi connectivity index (χ1) is 13.2.